The molecular formula is C14H17BrN4O. The second-order valence-electron chi connectivity index (χ2n) is 4.65. The molecule has 2 rings (SSSR count). The Bertz CT molecular complexity index is 609. The molecule has 0 fully saturated rings. The summed E-state index contributed by atoms with van der Waals surface area (Å²) in [5, 5.41) is 7.27. The maximum absolute atomic E-state index is 11.9. The molecule has 0 spiro atoms. The normalized spacial score (nSPS) is 10.6. The largest absolute Gasteiger partial charge is 0.352 e. The van der Waals surface area contributed by atoms with E-state index in [-0.39, 0.29) is 5.91 Å². The molecule has 0 bridgehead atoms. The van der Waals surface area contributed by atoms with Crippen molar-refractivity contribution in [2.24, 2.45) is 0 Å². The van der Waals surface area contributed by atoms with Crippen molar-refractivity contribution in [1.82, 2.24) is 20.1 Å². The molecule has 0 saturated heterocycles. The number of rotatable bonds is 5. The van der Waals surface area contributed by atoms with Crippen LogP contribution in [0.15, 0.2) is 29.0 Å². The lowest BCUT2D eigenvalue weighted by Gasteiger charge is -2.06. The van der Waals surface area contributed by atoms with Crippen molar-refractivity contribution in [1.29, 1.82) is 0 Å². The number of carbonyl (C=O) groups excluding carboxylic acids is 1. The third-order valence-electron chi connectivity index (χ3n) is 2.90. The maximum atomic E-state index is 11.9. The minimum Gasteiger partial charge on any atom is -0.352 e. The van der Waals surface area contributed by atoms with E-state index >= 15 is 0 Å². The van der Waals surface area contributed by atoms with Crippen LogP contribution in [-0.2, 0) is 6.54 Å². The number of nitrogens with zero attached hydrogens (tertiary/aromatic N) is 3. The van der Waals surface area contributed by atoms with Crippen molar-refractivity contribution in [2.45, 2.75) is 26.8 Å². The van der Waals surface area contributed by atoms with Crippen LogP contribution in [0.4, 0.5) is 0 Å². The van der Waals surface area contributed by atoms with E-state index in [0.717, 1.165) is 28.8 Å². The van der Waals surface area contributed by atoms with E-state index in [1.54, 1.807) is 18.5 Å². The molecule has 0 radical (unpaired) electrons. The van der Waals surface area contributed by atoms with E-state index < -0.39 is 0 Å². The first kappa shape index (κ1) is 14.7. The second kappa shape index (κ2) is 6.65. The molecule has 0 unspecified atom stereocenters. The van der Waals surface area contributed by atoms with Gasteiger partial charge in [-0.2, -0.15) is 5.10 Å². The van der Waals surface area contributed by atoms with Gasteiger partial charge in [-0.15, -0.1) is 0 Å². The quantitative estimate of drug-likeness (QED) is 0.853. The number of hydrogen-bond acceptors (Lipinski definition) is 3. The molecule has 0 aliphatic carbocycles. The minimum absolute atomic E-state index is 0.104. The number of aromatic nitrogens is 3. The number of carbonyl (C=O) groups is 1. The highest BCUT2D eigenvalue weighted by Crippen LogP contribution is 2.09. The summed E-state index contributed by atoms with van der Waals surface area (Å²) in [5.41, 5.74) is 2.72. The van der Waals surface area contributed by atoms with Crippen LogP contribution in [0, 0.1) is 13.8 Å². The van der Waals surface area contributed by atoms with Crippen molar-refractivity contribution >= 4 is 21.8 Å². The van der Waals surface area contributed by atoms with Crippen LogP contribution in [0.25, 0.3) is 0 Å². The van der Waals surface area contributed by atoms with Crippen LogP contribution in [0.5, 0.6) is 0 Å². The van der Waals surface area contributed by atoms with E-state index in [4.69, 9.17) is 0 Å². The average molecular weight is 337 g/mol. The highest BCUT2D eigenvalue weighted by atomic mass is 79.9. The Morgan fingerprint density at radius 1 is 1.35 bits per heavy atom. The Morgan fingerprint density at radius 2 is 2.15 bits per heavy atom. The Balaban J connectivity index is 1.79. The topological polar surface area (TPSA) is 59.8 Å². The van der Waals surface area contributed by atoms with Crippen molar-refractivity contribution in [3.05, 3.63) is 46.0 Å². The van der Waals surface area contributed by atoms with Gasteiger partial charge in [-0.25, -0.2) is 0 Å². The van der Waals surface area contributed by atoms with Gasteiger partial charge in [0.2, 0.25) is 0 Å². The van der Waals surface area contributed by atoms with Gasteiger partial charge in [-0.1, -0.05) is 0 Å². The van der Waals surface area contributed by atoms with Gasteiger partial charge in [0.1, 0.15) is 0 Å². The number of amides is 1. The van der Waals surface area contributed by atoms with Crippen LogP contribution in [0.3, 0.4) is 0 Å². The predicted octanol–water partition coefficient (Wildman–Crippen LogP) is 2.48. The van der Waals surface area contributed by atoms with Crippen LogP contribution in [-0.4, -0.2) is 27.2 Å². The van der Waals surface area contributed by atoms with E-state index in [1.165, 1.54) is 0 Å². The number of pyridine rings is 1. The van der Waals surface area contributed by atoms with Gasteiger partial charge in [-0.3, -0.25) is 14.5 Å². The monoisotopic (exact) mass is 336 g/mol. The van der Waals surface area contributed by atoms with Crippen LogP contribution in [0.2, 0.25) is 0 Å². The molecule has 2 aromatic heterocycles. The van der Waals surface area contributed by atoms with Gasteiger partial charge in [0, 0.05) is 35.6 Å². The molecule has 6 heteroatoms. The first-order chi connectivity index (χ1) is 9.56. The van der Waals surface area contributed by atoms with Crippen molar-refractivity contribution in [3.8, 4) is 0 Å². The summed E-state index contributed by atoms with van der Waals surface area (Å²) in [5.74, 6) is -0.104. The highest BCUT2D eigenvalue weighted by Gasteiger charge is 2.06. The molecule has 0 atom stereocenters. The minimum atomic E-state index is -0.104. The zero-order valence-electron chi connectivity index (χ0n) is 11.6. The van der Waals surface area contributed by atoms with Gasteiger partial charge in [0.15, 0.2) is 0 Å². The molecular weight excluding hydrogens is 320 g/mol. The maximum Gasteiger partial charge on any atom is 0.252 e. The number of nitrogens with one attached hydrogen (secondary N) is 1. The first-order valence-electron chi connectivity index (χ1n) is 6.46. The van der Waals surface area contributed by atoms with Crippen LogP contribution >= 0.6 is 15.9 Å². The molecule has 1 amide bonds. The van der Waals surface area contributed by atoms with Gasteiger partial charge in [0.05, 0.1) is 11.3 Å². The van der Waals surface area contributed by atoms with Gasteiger partial charge in [-0.05, 0) is 48.3 Å². The lowest BCUT2D eigenvalue weighted by Crippen LogP contribution is -2.25. The molecule has 0 aromatic carbocycles. The fourth-order valence-electron chi connectivity index (χ4n) is 1.97. The van der Waals surface area contributed by atoms with Crippen molar-refractivity contribution in [3.63, 3.8) is 0 Å². The lowest BCUT2D eigenvalue weighted by atomic mass is 10.2. The third kappa shape index (κ3) is 3.90. The zero-order valence-corrected chi connectivity index (χ0v) is 13.1. The molecule has 2 heterocycles. The van der Waals surface area contributed by atoms with E-state index in [9.17, 15) is 4.79 Å². The average Bonchev–Trinajstić information content (AvgIpc) is 2.73. The van der Waals surface area contributed by atoms with Gasteiger partial charge >= 0.3 is 0 Å². The Labute approximate surface area is 126 Å². The summed E-state index contributed by atoms with van der Waals surface area (Å²) in [6.45, 7) is 5.43. The van der Waals surface area contributed by atoms with Crippen molar-refractivity contribution < 1.29 is 4.79 Å². The van der Waals surface area contributed by atoms with Crippen LogP contribution in [0.1, 0.15) is 28.2 Å². The zero-order chi connectivity index (χ0) is 14.5. The summed E-state index contributed by atoms with van der Waals surface area (Å²) in [6, 6.07) is 3.80. The number of hydrogen-bond donors (Lipinski definition) is 1. The van der Waals surface area contributed by atoms with E-state index in [0.29, 0.717) is 12.1 Å². The summed E-state index contributed by atoms with van der Waals surface area (Å²) in [4.78, 5) is 15.9. The highest BCUT2D eigenvalue weighted by molar-refractivity contribution is 9.10. The fraction of sp³-hybridized carbons (Fsp3) is 0.357. The fourth-order valence-corrected chi connectivity index (χ4v) is 2.33. The van der Waals surface area contributed by atoms with Crippen LogP contribution < -0.4 is 5.32 Å². The van der Waals surface area contributed by atoms with Crippen molar-refractivity contribution in [2.75, 3.05) is 6.54 Å². The summed E-state index contributed by atoms with van der Waals surface area (Å²) in [6.07, 6.45) is 4.05. The summed E-state index contributed by atoms with van der Waals surface area (Å²) in [7, 11) is 0. The predicted molar refractivity (Wildman–Crippen MR) is 80.6 cm³/mol. The Morgan fingerprint density at radius 3 is 2.80 bits per heavy atom. The Kier molecular flexibility index (Phi) is 4.89. The number of halogens is 1. The SMILES string of the molecule is Cc1cc(C)n(CCCNC(=O)c2cncc(Br)c2)n1. The Hall–Kier alpha value is -1.69. The molecule has 106 valence electrons. The van der Waals surface area contributed by atoms with E-state index in [2.05, 4.69) is 31.3 Å². The summed E-state index contributed by atoms with van der Waals surface area (Å²) >= 11 is 3.30. The van der Waals surface area contributed by atoms with Gasteiger partial charge < -0.3 is 5.32 Å². The second-order valence-corrected chi connectivity index (χ2v) is 5.57. The lowest BCUT2D eigenvalue weighted by molar-refractivity contribution is 0.0952. The van der Waals surface area contributed by atoms with E-state index in [1.807, 2.05) is 24.6 Å². The first-order valence-corrected chi connectivity index (χ1v) is 7.25. The summed E-state index contributed by atoms with van der Waals surface area (Å²) < 4.78 is 2.76. The standard InChI is InChI=1S/C14H17BrN4O/c1-10-6-11(2)19(18-10)5-3-4-17-14(20)12-7-13(15)9-16-8-12/h6-9H,3-5H2,1-2H3,(H,17,20). The molecule has 5 nitrogen and oxygen atoms in total. The molecule has 2 aromatic rings. The molecule has 0 aliphatic heterocycles. The third-order valence-corrected chi connectivity index (χ3v) is 3.34. The molecule has 1 N–H and O–H groups in total. The van der Waals surface area contributed by atoms with Gasteiger partial charge in [0.25, 0.3) is 5.91 Å². The molecule has 0 aliphatic rings. The molecule has 20 heavy (non-hydrogen) atoms. The molecule has 0 saturated carbocycles. The number of aryl methyl sites for hydroxylation is 3. The smallest absolute Gasteiger partial charge is 0.252 e.